The van der Waals surface area contributed by atoms with Gasteiger partial charge in [0.2, 0.25) is 5.95 Å². The van der Waals surface area contributed by atoms with Crippen molar-refractivity contribution in [3.8, 4) is 62.6 Å². The molecule has 4 heterocycles. The standard InChI is InChI=1S/C50H33N7/c1-5-19-34(20-6-1)38-27-13-14-28-39(38)48-51-41-30-16-18-32-43(41)57(48)44-33-55(49-45(44)40-29-15-17-31-42(40)56(49)37-25-11-4-12-26-37)50-53-46(35-21-7-2-8-22-35)52-47(54-50)36-23-9-3-10-24-36/h1-33H. The van der Waals surface area contributed by atoms with Gasteiger partial charge < -0.3 is 0 Å². The Kier molecular flexibility index (Phi) is 7.67. The number of benzene rings is 7. The summed E-state index contributed by atoms with van der Waals surface area (Å²) in [6.07, 6.45) is 2.18. The Labute approximate surface area is 328 Å². The first-order valence-corrected chi connectivity index (χ1v) is 19.0. The molecule has 0 N–H and O–H groups in total. The number of hydrogen-bond acceptors (Lipinski definition) is 4. The SMILES string of the molecule is c1ccc(-c2nc(-c3ccccc3)nc(-n3cc(-n4c(-c5ccccc5-c5ccccc5)nc5ccccc54)c4c5ccccc5n(-c5ccccc5)c43)n2)cc1. The van der Waals surface area contributed by atoms with E-state index in [1.807, 2.05) is 60.7 Å². The van der Waals surface area contributed by atoms with Crippen LogP contribution in [0.15, 0.2) is 200 Å². The van der Waals surface area contributed by atoms with Gasteiger partial charge in [-0.3, -0.25) is 13.7 Å². The van der Waals surface area contributed by atoms with Crippen LogP contribution in [0.25, 0.3) is 95.6 Å². The van der Waals surface area contributed by atoms with E-state index in [4.69, 9.17) is 19.9 Å². The Bertz CT molecular complexity index is 3160. The predicted octanol–water partition coefficient (Wildman–Crippen LogP) is 11.8. The van der Waals surface area contributed by atoms with Gasteiger partial charge in [-0.25, -0.2) is 9.97 Å². The third-order valence-electron chi connectivity index (χ3n) is 10.6. The van der Waals surface area contributed by atoms with Gasteiger partial charge in [-0.05, 0) is 41.5 Å². The Morgan fingerprint density at radius 1 is 0.386 bits per heavy atom. The molecular formula is C50H33N7. The molecular weight excluding hydrogens is 699 g/mol. The van der Waals surface area contributed by atoms with E-state index in [1.54, 1.807) is 0 Å². The highest BCUT2D eigenvalue weighted by Crippen LogP contribution is 2.42. The monoisotopic (exact) mass is 731 g/mol. The second kappa shape index (κ2) is 13.4. The van der Waals surface area contributed by atoms with Crippen LogP contribution in [-0.4, -0.2) is 33.6 Å². The van der Waals surface area contributed by atoms with Crippen LogP contribution in [0.4, 0.5) is 0 Å². The molecule has 0 fully saturated rings. The molecule has 0 aliphatic carbocycles. The summed E-state index contributed by atoms with van der Waals surface area (Å²) in [6, 6.07) is 66.8. The second-order valence-corrected chi connectivity index (χ2v) is 14.0. The van der Waals surface area contributed by atoms with E-state index in [9.17, 15) is 0 Å². The molecule has 268 valence electrons. The summed E-state index contributed by atoms with van der Waals surface area (Å²) in [5, 5.41) is 2.16. The van der Waals surface area contributed by atoms with Gasteiger partial charge in [0.1, 0.15) is 11.5 Å². The van der Waals surface area contributed by atoms with Crippen molar-refractivity contribution in [3.05, 3.63) is 200 Å². The van der Waals surface area contributed by atoms with E-state index < -0.39 is 0 Å². The number of hydrogen-bond donors (Lipinski definition) is 0. The molecule has 0 unspecified atom stereocenters. The fourth-order valence-electron chi connectivity index (χ4n) is 8.02. The van der Waals surface area contributed by atoms with Crippen LogP contribution in [0.3, 0.4) is 0 Å². The molecule has 0 aliphatic heterocycles. The highest BCUT2D eigenvalue weighted by molar-refractivity contribution is 6.14. The zero-order valence-corrected chi connectivity index (χ0v) is 30.7. The van der Waals surface area contributed by atoms with Crippen LogP contribution in [-0.2, 0) is 0 Å². The molecule has 0 saturated heterocycles. The van der Waals surface area contributed by atoms with Gasteiger partial charge in [0.05, 0.1) is 27.6 Å². The molecule has 7 aromatic carbocycles. The molecule has 11 rings (SSSR count). The van der Waals surface area contributed by atoms with Crippen molar-refractivity contribution in [3.63, 3.8) is 0 Å². The normalized spacial score (nSPS) is 11.5. The molecule has 4 aromatic heterocycles. The molecule has 0 amide bonds. The lowest BCUT2D eigenvalue weighted by atomic mass is 9.99. The van der Waals surface area contributed by atoms with Crippen LogP contribution >= 0.6 is 0 Å². The van der Waals surface area contributed by atoms with Crippen LogP contribution in [0.1, 0.15) is 0 Å². The van der Waals surface area contributed by atoms with Crippen LogP contribution in [0.5, 0.6) is 0 Å². The van der Waals surface area contributed by atoms with E-state index in [-0.39, 0.29) is 0 Å². The van der Waals surface area contributed by atoms with Crippen LogP contribution < -0.4 is 0 Å². The highest BCUT2D eigenvalue weighted by Gasteiger charge is 2.27. The summed E-state index contributed by atoms with van der Waals surface area (Å²) < 4.78 is 6.77. The second-order valence-electron chi connectivity index (χ2n) is 14.0. The summed E-state index contributed by atoms with van der Waals surface area (Å²) >= 11 is 0. The third-order valence-corrected chi connectivity index (χ3v) is 10.6. The smallest absolute Gasteiger partial charge is 0.239 e. The van der Waals surface area contributed by atoms with E-state index in [0.29, 0.717) is 17.6 Å². The molecule has 7 heteroatoms. The van der Waals surface area contributed by atoms with Gasteiger partial charge in [0.25, 0.3) is 0 Å². The first kappa shape index (κ1) is 32.5. The van der Waals surface area contributed by atoms with Crippen LogP contribution in [0.2, 0.25) is 0 Å². The first-order valence-electron chi connectivity index (χ1n) is 19.0. The van der Waals surface area contributed by atoms with Crippen molar-refractivity contribution >= 4 is 33.0 Å². The fourth-order valence-corrected chi connectivity index (χ4v) is 8.02. The van der Waals surface area contributed by atoms with Crippen molar-refractivity contribution in [1.29, 1.82) is 0 Å². The van der Waals surface area contributed by atoms with Crippen molar-refractivity contribution in [2.45, 2.75) is 0 Å². The van der Waals surface area contributed by atoms with Crippen LogP contribution in [0, 0.1) is 0 Å². The minimum atomic E-state index is 0.509. The largest absolute Gasteiger partial charge is 0.295 e. The van der Waals surface area contributed by atoms with Gasteiger partial charge in [-0.2, -0.15) is 9.97 Å². The highest BCUT2D eigenvalue weighted by atomic mass is 15.3. The Balaban J connectivity index is 1.29. The molecule has 0 spiro atoms. The van der Waals surface area contributed by atoms with E-state index in [2.05, 4.69) is 153 Å². The van der Waals surface area contributed by atoms with Gasteiger partial charge in [0, 0.05) is 34.0 Å². The molecule has 7 nitrogen and oxygen atoms in total. The molecule has 11 aromatic rings. The minimum absolute atomic E-state index is 0.509. The van der Waals surface area contributed by atoms with Crippen molar-refractivity contribution < 1.29 is 0 Å². The topological polar surface area (TPSA) is 66.3 Å². The quantitative estimate of drug-likeness (QED) is 0.164. The molecule has 0 saturated carbocycles. The zero-order chi connectivity index (χ0) is 37.7. The summed E-state index contributed by atoms with van der Waals surface area (Å²) in [5.41, 5.74) is 11.0. The number of nitrogens with zero attached hydrogens (tertiary/aromatic N) is 7. The summed E-state index contributed by atoms with van der Waals surface area (Å²) in [6.45, 7) is 0. The Hall–Kier alpha value is -7.90. The van der Waals surface area contributed by atoms with Crippen molar-refractivity contribution in [1.82, 2.24) is 33.6 Å². The van der Waals surface area contributed by atoms with Gasteiger partial charge >= 0.3 is 0 Å². The van der Waals surface area contributed by atoms with E-state index in [1.165, 1.54) is 0 Å². The average Bonchev–Trinajstić information content (AvgIpc) is 3.97. The molecule has 0 aliphatic rings. The first-order chi connectivity index (χ1) is 28.3. The van der Waals surface area contributed by atoms with Crippen molar-refractivity contribution in [2.75, 3.05) is 0 Å². The lowest BCUT2D eigenvalue weighted by Gasteiger charge is -2.13. The van der Waals surface area contributed by atoms with Gasteiger partial charge in [0.15, 0.2) is 11.6 Å². The number of imidazole rings is 1. The Morgan fingerprint density at radius 2 is 0.912 bits per heavy atom. The number of rotatable bonds is 7. The lowest BCUT2D eigenvalue weighted by Crippen LogP contribution is -2.08. The molecule has 57 heavy (non-hydrogen) atoms. The third kappa shape index (κ3) is 5.44. The summed E-state index contributed by atoms with van der Waals surface area (Å²) in [4.78, 5) is 20.9. The maximum absolute atomic E-state index is 5.39. The number of fused-ring (bicyclic) bond motifs is 4. The summed E-state index contributed by atoms with van der Waals surface area (Å²) in [7, 11) is 0. The minimum Gasteiger partial charge on any atom is -0.295 e. The molecule has 0 bridgehead atoms. The van der Waals surface area contributed by atoms with Gasteiger partial charge in [-0.1, -0.05) is 164 Å². The molecule has 0 atom stereocenters. The maximum Gasteiger partial charge on any atom is 0.239 e. The Morgan fingerprint density at radius 3 is 1.58 bits per heavy atom. The van der Waals surface area contributed by atoms with Crippen molar-refractivity contribution in [2.24, 2.45) is 0 Å². The van der Waals surface area contributed by atoms with Gasteiger partial charge in [-0.15, -0.1) is 0 Å². The maximum atomic E-state index is 5.39. The number of aromatic nitrogens is 7. The number of para-hydroxylation sites is 4. The molecule has 0 radical (unpaired) electrons. The average molecular weight is 732 g/mol. The fraction of sp³-hybridized carbons (Fsp3) is 0. The summed E-state index contributed by atoms with van der Waals surface area (Å²) in [5.74, 6) is 2.54. The lowest BCUT2D eigenvalue weighted by molar-refractivity contribution is 0.908. The van der Waals surface area contributed by atoms with E-state index >= 15 is 0 Å². The van der Waals surface area contributed by atoms with E-state index in [0.717, 1.165) is 78.0 Å². The predicted molar refractivity (Wildman–Crippen MR) is 230 cm³/mol. The zero-order valence-electron chi connectivity index (χ0n) is 30.7.